The van der Waals surface area contributed by atoms with Crippen LogP contribution in [0.4, 0.5) is 11.4 Å². The van der Waals surface area contributed by atoms with Crippen molar-refractivity contribution in [2.45, 2.75) is 32.4 Å². The van der Waals surface area contributed by atoms with Crippen LogP contribution in [-0.2, 0) is 20.9 Å². The van der Waals surface area contributed by atoms with Crippen LogP contribution in [0.15, 0.2) is 54.6 Å². The minimum absolute atomic E-state index is 0.0576. The molecule has 1 unspecified atom stereocenters. The summed E-state index contributed by atoms with van der Waals surface area (Å²) in [4.78, 5) is 37.4. The molecule has 8 heteroatoms. The molecule has 0 aliphatic carbocycles. The Morgan fingerprint density at radius 2 is 1.77 bits per heavy atom. The van der Waals surface area contributed by atoms with Crippen molar-refractivity contribution in [2.75, 3.05) is 18.0 Å². The standard InChI is InChI=1S/C22H25N3O5/c1-16(21(26)23-15-17-7-3-2-4-8-17)30-22(27)18-11-13-24(14-12-18)19-9-5-6-10-20(19)25(28)29/h2-10,16,18H,11-15H2,1H3,(H,23,26). The molecule has 0 bridgehead atoms. The molecule has 1 atom stereocenters. The number of rotatable bonds is 7. The molecule has 1 N–H and O–H groups in total. The largest absolute Gasteiger partial charge is 0.452 e. The highest BCUT2D eigenvalue weighted by Gasteiger charge is 2.30. The van der Waals surface area contributed by atoms with Crippen LogP contribution in [-0.4, -0.2) is 36.0 Å². The number of ether oxygens (including phenoxy) is 1. The van der Waals surface area contributed by atoms with E-state index in [9.17, 15) is 19.7 Å². The maximum absolute atomic E-state index is 12.5. The molecular formula is C22H25N3O5. The molecule has 1 aliphatic heterocycles. The number of nitrogens with one attached hydrogen (secondary N) is 1. The fourth-order valence-corrected chi connectivity index (χ4v) is 3.49. The van der Waals surface area contributed by atoms with Crippen LogP contribution < -0.4 is 10.2 Å². The number of esters is 1. The molecule has 8 nitrogen and oxygen atoms in total. The molecule has 0 radical (unpaired) electrons. The van der Waals surface area contributed by atoms with Crippen molar-refractivity contribution in [2.24, 2.45) is 5.92 Å². The summed E-state index contributed by atoms with van der Waals surface area (Å²) in [6, 6.07) is 16.1. The van der Waals surface area contributed by atoms with Gasteiger partial charge in [-0.05, 0) is 31.4 Å². The van der Waals surface area contributed by atoms with Gasteiger partial charge in [-0.25, -0.2) is 0 Å². The average Bonchev–Trinajstić information content (AvgIpc) is 2.78. The number of carbonyl (C=O) groups excluding carboxylic acids is 2. The van der Waals surface area contributed by atoms with E-state index < -0.39 is 17.0 Å². The molecule has 0 saturated carbocycles. The quantitative estimate of drug-likeness (QED) is 0.427. The van der Waals surface area contributed by atoms with Gasteiger partial charge in [-0.1, -0.05) is 42.5 Å². The second kappa shape index (κ2) is 9.87. The predicted molar refractivity (Wildman–Crippen MR) is 112 cm³/mol. The van der Waals surface area contributed by atoms with Gasteiger partial charge in [0.1, 0.15) is 5.69 Å². The summed E-state index contributed by atoms with van der Waals surface area (Å²) in [5.41, 5.74) is 1.58. The Hall–Kier alpha value is -3.42. The Kier molecular flexibility index (Phi) is 7.00. The topological polar surface area (TPSA) is 102 Å². The number of hydrogen-bond donors (Lipinski definition) is 1. The van der Waals surface area contributed by atoms with Gasteiger partial charge in [0.15, 0.2) is 6.10 Å². The normalized spacial score (nSPS) is 15.3. The Morgan fingerprint density at radius 1 is 1.13 bits per heavy atom. The number of nitro groups is 1. The second-order valence-corrected chi connectivity index (χ2v) is 7.29. The van der Waals surface area contributed by atoms with E-state index in [4.69, 9.17) is 4.74 Å². The smallest absolute Gasteiger partial charge is 0.309 e. The van der Waals surface area contributed by atoms with Crippen LogP contribution in [0.25, 0.3) is 0 Å². The Morgan fingerprint density at radius 3 is 2.43 bits per heavy atom. The number of piperidine rings is 1. The van der Waals surface area contributed by atoms with Crippen LogP contribution in [0.1, 0.15) is 25.3 Å². The maximum atomic E-state index is 12.5. The number of nitro benzene ring substituents is 1. The predicted octanol–water partition coefficient (Wildman–Crippen LogP) is 3.06. The zero-order valence-corrected chi connectivity index (χ0v) is 16.8. The number of carbonyl (C=O) groups is 2. The molecular weight excluding hydrogens is 386 g/mol. The van der Waals surface area contributed by atoms with Gasteiger partial charge < -0.3 is 15.0 Å². The van der Waals surface area contributed by atoms with Crippen molar-refractivity contribution in [3.63, 3.8) is 0 Å². The molecule has 2 aromatic carbocycles. The molecule has 1 aliphatic rings. The van der Waals surface area contributed by atoms with Gasteiger partial charge in [0, 0.05) is 25.7 Å². The third kappa shape index (κ3) is 5.34. The van der Waals surface area contributed by atoms with Crippen molar-refractivity contribution in [1.82, 2.24) is 5.32 Å². The molecule has 3 rings (SSSR count). The molecule has 0 spiro atoms. The van der Waals surface area contributed by atoms with Crippen LogP contribution in [0.5, 0.6) is 0 Å². The average molecular weight is 411 g/mol. The molecule has 1 fully saturated rings. The van der Waals surface area contributed by atoms with Crippen LogP contribution >= 0.6 is 0 Å². The van der Waals surface area contributed by atoms with Crippen molar-refractivity contribution >= 4 is 23.3 Å². The monoisotopic (exact) mass is 411 g/mol. The van der Waals surface area contributed by atoms with E-state index >= 15 is 0 Å². The first kappa shape index (κ1) is 21.3. The summed E-state index contributed by atoms with van der Waals surface area (Å²) in [6.07, 6.45) is 0.154. The van der Waals surface area contributed by atoms with Gasteiger partial charge in [0.25, 0.3) is 11.6 Å². The van der Waals surface area contributed by atoms with Gasteiger partial charge in [0.05, 0.1) is 10.8 Å². The lowest BCUT2D eigenvalue weighted by Crippen LogP contribution is -2.40. The number of hydrogen-bond acceptors (Lipinski definition) is 6. The first-order chi connectivity index (χ1) is 14.5. The van der Waals surface area contributed by atoms with E-state index in [2.05, 4.69) is 5.32 Å². The highest BCUT2D eigenvalue weighted by Crippen LogP contribution is 2.31. The summed E-state index contributed by atoms with van der Waals surface area (Å²) in [5, 5.41) is 14.0. The van der Waals surface area contributed by atoms with Gasteiger partial charge in [-0.3, -0.25) is 19.7 Å². The van der Waals surface area contributed by atoms with E-state index in [1.807, 2.05) is 35.2 Å². The Bertz CT molecular complexity index is 895. The second-order valence-electron chi connectivity index (χ2n) is 7.29. The van der Waals surface area contributed by atoms with Crippen LogP contribution in [0.3, 0.4) is 0 Å². The molecule has 1 heterocycles. The van der Waals surface area contributed by atoms with E-state index in [1.165, 1.54) is 6.07 Å². The molecule has 1 amide bonds. The molecule has 30 heavy (non-hydrogen) atoms. The summed E-state index contributed by atoms with van der Waals surface area (Å²) in [6.45, 7) is 2.95. The number of anilines is 1. The van der Waals surface area contributed by atoms with E-state index in [0.717, 1.165) is 5.56 Å². The van der Waals surface area contributed by atoms with Gasteiger partial charge in [-0.15, -0.1) is 0 Å². The molecule has 0 aromatic heterocycles. The number of nitrogens with zero attached hydrogens (tertiary/aromatic N) is 2. The van der Waals surface area contributed by atoms with Crippen LogP contribution in [0, 0.1) is 16.0 Å². The minimum atomic E-state index is -0.880. The van der Waals surface area contributed by atoms with Crippen molar-refractivity contribution < 1.29 is 19.2 Å². The fourth-order valence-electron chi connectivity index (χ4n) is 3.49. The first-order valence-corrected chi connectivity index (χ1v) is 9.96. The lowest BCUT2D eigenvalue weighted by Gasteiger charge is -2.32. The highest BCUT2D eigenvalue weighted by molar-refractivity contribution is 5.84. The lowest BCUT2D eigenvalue weighted by molar-refractivity contribution is -0.384. The molecule has 158 valence electrons. The zero-order chi connectivity index (χ0) is 21.5. The summed E-state index contributed by atoms with van der Waals surface area (Å²) in [7, 11) is 0. The molecule has 1 saturated heterocycles. The van der Waals surface area contributed by atoms with Crippen LogP contribution in [0.2, 0.25) is 0 Å². The van der Waals surface area contributed by atoms with Gasteiger partial charge in [-0.2, -0.15) is 0 Å². The molecule has 2 aromatic rings. The summed E-state index contributed by atoms with van der Waals surface area (Å²) in [5.74, 6) is -1.07. The third-order valence-corrected chi connectivity index (χ3v) is 5.22. The summed E-state index contributed by atoms with van der Waals surface area (Å²) >= 11 is 0. The number of para-hydroxylation sites is 2. The Labute approximate surface area is 175 Å². The number of amides is 1. The van der Waals surface area contributed by atoms with Gasteiger partial charge >= 0.3 is 5.97 Å². The summed E-state index contributed by atoms with van der Waals surface area (Å²) < 4.78 is 5.37. The number of benzene rings is 2. The fraction of sp³-hybridized carbons (Fsp3) is 0.364. The van der Waals surface area contributed by atoms with E-state index in [0.29, 0.717) is 38.2 Å². The minimum Gasteiger partial charge on any atom is -0.452 e. The van der Waals surface area contributed by atoms with Gasteiger partial charge in [0.2, 0.25) is 0 Å². The highest BCUT2D eigenvalue weighted by atomic mass is 16.6. The maximum Gasteiger partial charge on any atom is 0.309 e. The van der Waals surface area contributed by atoms with Crippen molar-refractivity contribution in [1.29, 1.82) is 0 Å². The van der Waals surface area contributed by atoms with E-state index in [1.54, 1.807) is 25.1 Å². The lowest BCUT2D eigenvalue weighted by atomic mass is 9.96. The third-order valence-electron chi connectivity index (χ3n) is 5.22. The van der Waals surface area contributed by atoms with E-state index in [-0.39, 0.29) is 17.5 Å². The Balaban J connectivity index is 1.48. The zero-order valence-electron chi connectivity index (χ0n) is 16.8. The van der Waals surface area contributed by atoms with Crippen molar-refractivity contribution in [3.8, 4) is 0 Å². The van der Waals surface area contributed by atoms with Crippen molar-refractivity contribution in [3.05, 3.63) is 70.3 Å². The first-order valence-electron chi connectivity index (χ1n) is 9.96. The SMILES string of the molecule is CC(OC(=O)C1CCN(c2ccccc2[N+](=O)[O-])CC1)C(=O)NCc1ccccc1.